The van der Waals surface area contributed by atoms with Crippen LogP contribution in [0.2, 0.25) is 0 Å². The lowest BCUT2D eigenvalue weighted by atomic mass is 10.0. The van der Waals surface area contributed by atoms with E-state index in [1.165, 1.54) is 18.7 Å². The number of thioether (sulfide) groups is 1. The van der Waals surface area contributed by atoms with Gasteiger partial charge in [-0.3, -0.25) is 24.0 Å². The molecule has 31 heavy (non-hydrogen) atoms. The van der Waals surface area contributed by atoms with Crippen LogP contribution in [0.5, 0.6) is 0 Å². The highest BCUT2D eigenvalue weighted by Crippen LogP contribution is 2.40. The van der Waals surface area contributed by atoms with Gasteiger partial charge in [0, 0.05) is 23.9 Å². The first-order valence-corrected chi connectivity index (χ1v) is 11.4. The number of hydrogen-bond acceptors (Lipinski definition) is 7. The molecule has 1 aromatic rings. The lowest BCUT2D eigenvalue weighted by molar-refractivity contribution is -0.151. The number of nitrogens with zero attached hydrogens (tertiary/aromatic N) is 3. The van der Waals surface area contributed by atoms with Crippen LogP contribution < -0.4 is 5.32 Å². The van der Waals surface area contributed by atoms with Crippen LogP contribution >= 0.6 is 27.7 Å². The van der Waals surface area contributed by atoms with Gasteiger partial charge >= 0.3 is 11.9 Å². The summed E-state index contributed by atoms with van der Waals surface area (Å²) in [6.07, 6.45) is 0. The minimum atomic E-state index is -1.27. The number of β-lactam (4-membered cyclic amide) rings is 1. The monoisotopic (exact) mass is 514 g/mol. The molecule has 1 fully saturated rings. The predicted octanol–water partition coefficient (Wildman–Crippen LogP) is 1.20. The van der Waals surface area contributed by atoms with Crippen molar-refractivity contribution in [3.8, 4) is 0 Å². The number of fused-ring (bicyclic) bond motifs is 1. The summed E-state index contributed by atoms with van der Waals surface area (Å²) < 4.78 is 7.54. The van der Waals surface area contributed by atoms with Gasteiger partial charge in [0.25, 0.3) is 5.91 Å². The number of carboxylic acid groups (broad SMARTS) is 1. The molecule has 0 radical (unpaired) electrons. The number of hydrogen-bond donors (Lipinski definition) is 2. The number of aliphatic carboxylic acids is 1. The fraction of sp³-hybridized carbons (Fsp3) is 0.526. The van der Waals surface area contributed by atoms with Crippen molar-refractivity contribution in [2.24, 2.45) is 5.92 Å². The number of amides is 2. The van der Waals surface area contributed by atoms with Gasteiger partial charge in [0.1, 0.15) is 23.7 Å². The second-order valence-electron chi connectivity index (χ2n) is 7.50. The third kappa shape index (κ3) is 4.49. The van der Waals surface area contributed by atoms with Crippen molar-refractivity contribution in [3.05, 3.63) is 27.1 Å². The molecule has 0 saturated carbocycles. The Labute approximate surface area is 191 Å². The Morgan fingerprint density at radius 3 is 2.61 bits per heavy atom. The third-order valence-corrected chi connectivity index (χ3v) is 7.67. The summed E-state index contributed by atoms with van der Waals surface area (Å²) in [5.74, 6) is -2.78. The van der Waals surface area contributed by atoms with Crippen LogP contribution in [-0.4, -0.2) is 67.3 Å². The molecule has 2 aliphatic rings. The Kier molecular flexibility index (Phi) is 6.79. The van der Waals surface area contributed by atoms with Crippen LogP contribution in [0.4, 0.5) is 0 Å². The standard InChI is InChI=1S/C19H23BrN4O6S/c1-8(5-23-10(3)13(20)9(2)22-23)16(26)21-14-17(27)24-15(19(28)29)12(6-30-11(4)25)7-31-18(14)24/h8,14,18H,5-7H2,1-4H3,(H,21,26)(H,28,29)/t8-,14-,18-/m1/s1. The van der Waals surface area contributed by atoms with E-state index in [0.717, 1.165) is 20.8 Å². The summed E-state index contributed by atoms with van der Waals surface area (Å²) in [5, 5.41) is 16.2. The third-order valence-electron chi connectivity index (χ3n) is 5.18. The normalized spacial score (nSPS) is 21.3. The average Bonchev–Trinajstić information content (AvgIpc) is 2.95. The van der Waals surface area contributed by atoms with E-state index in [4.69, 9.17) is 4.74 Å². The van der Waals surface area contributed by atoms with Crippen LogP contribution in [0.3, 0.4) is 0 Å². The summed E-state index contributed by atoms with van der Waals surface area (Å²) in [6.45, 7) is 6.89. The molecule has 0 aromatic carbocycles. The van der Waals surface area contributed by atoms with E-state index in [-0.39, 0.29) is 24.0 Å². The number of rotatable bonds is 7. The average molecular weight is 515 g/mol. The van der Waals surface area contributed by atoms with E-state index >= 15 is 0 Å². The molecular weight excluding hydrogens is 492 g/mol. The molecule has 0 bridgehead atoms. The van der Waals surface area contributed by atoms with E-state index in [0.29, 0.717) is 12.1 Å². The fourth-order valence-corrected chi connectivity index (χ4v) is 5.09. The smallest absolute Gasteiger partial charge is 0.352 e. The highest BCUT2D eigenvalue weighted by atomic mass is 79.9. The van der Waals surface area contributed by atoms with Gasteiger partial charge in [-0.05, 0) is 29.8 Å². The minimum absolute atomic E-state index is 0.180. The van der Waals surface area contributed by atoms with E-state index in [2.05, 4.69) is 26.3 Å². The zero-order valence-electron chi connectivity index (χ0n) is 17.5. The molecule has 3 heterocycles. The van der Waals surface area contributed by atoms with Gasteiger partial charge in [-0.2, -0.15) is 5.10 Å². The van der Waals surface area contributed by atoms with E-state index in [1.54, 1.807) is 11.6 Å². The van der Waals surface area contributed by atoms with Gasteiger partial charge in [0.2, 0.25) is 5.91 Å². The van der Waals surface area contributed by atoms with Crippen molar-refractivity contribution in [2.75, 3.05) is 12.4 Å². The number of halogens is 1. The van der Waals surface area contributed by atoms with Gasteiger partial charge < -0.3 is 15.2 Å². The number of nitrogens with one attached hydrogen (secondary N) is 1. The van der Waals surface area contributed by atoms with Crippen molar-refractivity contribution in [1.82, 2.24) is 20.0 Å². The van der Waals surface area contributed by atoms with Crippen LogP contribution in [0.15, 0.2) is 15.7 Å². The van der Waals surface area contributed by atoms with Crippen molar-refractivity contribution < 1.29 is 29.0 Å². The molecule has 2 N–H and O–H groups in total. The second-order valence-corrected chi connectivity index (χ2v) is 9.40. The van der Waals surface area contributed by atoms with Crippen molar-refractivity contribution in [1.29, 1.82) is 0 Å². The number of aromatic nitrogens is 2. The molecular formula is C19H23BrN4O6S. The molecule has 2 amide bonds. The summed E-state index contributed by atoms with van der Waals surface area (Å²) in [6, 6.07) is -0.809. The number of carbonyl (C=O) groups is 4. The SMILES string of the molecule is CC(=O)OCC1=C(C(=O)O)N2C(=O)[C@@H](NC(=O)[C@H](C)Cn3nc(C)c(Br)c3C)[C@H]2SC1. The molecule has 10 nitrogen and oxygen atoms in total. The number of carbonyl (C=O) groups excluding carboxylic acids is 3. The Balaban J connectivity index is 1.67. The fourth-order valence-electron chi connectivity index (χ4n) is 3.47. The predicted molar refractivity (Wildman–Crippen MR) is 115 cm³/mol. The van der Waals surface area contributed by atoms with Gasteiger partial charge in [0.15, 0.2) is 0 Å². The number of carboxylic acids is 1. The molecule has 1 aromatic heterocycles. The summed E-state index contributed by atoms with van der Waals surface area (Å²) in [5.41, 5.74) is 1.90. The molecule has 12 heteroatoms. The van der Waals surface area contributed by atoms with Crippen molar-refractivity contribution >= 4 is 51.4 Å². The Morgan fingerprint density at radius 2 is 2.06 bits per heavy atom. The van der Waals surface area contributed by atoms with Gasteiger partial charge in [0.05, 0.1) is 22.6 Å². The minimum Gasteiger partial charge on any atom is -0.477 e. The maximum atomic E-state index is 12.7. The summed E-state index contributed by atoms with van der Waals surface area (Å²) in [4.78, 5) is 49.3. The quantitative estimate of drug-likeness (QED) is 0.409. The molecule has 0 aliphatic carbocycles. The van der Waals surface area contributed by atoms with Gasteiger partial charge in [-0.1, -0.05) is 6.92 Å². The largest absolute Gasteiger partial charge is 0.477 e. The van der Waals surface area contributed by atoms with Gasteiger partial charge in [-0.15, -0.1) is 11.8 Å². The first-order chi connectivity index (χ1) is 14.5. The topological polar surface area (TPSA) is 131 Å². The van der Waals surface area contributed by atoms with Crippen molar-refractivity contribution in [3.63, 3.8) is 0 Å². The van der Waals surface area contributed by atoms with Crippen LogP contribution in [-0.2, 0) is 30.5 Å². The number of aryl methyl sites for hydroxylation is 1. The zero-order valence-corrected chi connectivity index (χ0v) is 19.9. The molecule has 3 rings (SSSR count). The van der Waals surface area contributed by atoms with Crippen LogP contribution in [0.1, 0.15) is 25.2 Å². The molecule has 3 atom stereocenters. The van der Waals surface area contributed by atoms with E-state index < -0.39 is 35.2 Å². The lowest BCUT2D eigenvalue weighted by Gasteiger charge is -2.49. The first-order valence-electron chi connectivity index (χ1n) is 9.56. The molecule has 0 unspecified atom stereocenters. The Morgan fingerprint density at radius 1 is 1.39 bits per heavy atom. The van der Waals surface area contributed by atoms with Crippen LogP contribution in [0.25, 0.3) is 0 Å². The number of esters is 1. The highest BCUT2D eigenvalue weighted by molar-refractivity contribution is 9.10. The zero-order chi connectivity index (χ0) is 23.0. The maximum Gasteiger partial charge on any atom is 0.352 e. The molecule has 168 valence electrons. The Hall–Kier alpha value is -2.34. The first kappa shape index (κ1) is 23.3. The van der Waals surface area contributed by atoms with E-state index in [9.17, 15) is 24.3 Å². The summed E-state index contributed by atoms with van der Waals surface area (Å²) in [7, 11) is 0. The summed E-state index contributed by atoms with van der Waals surface area (Å²) >= 11 is 4.78. The molecule has 2 aliphatic heterocycles. The van der Waals surface area contributed by atoms with Crippen molar-refractivity contribution in [2.45, 2.75) is 45.7 Å². The van der Waals surface area contributed by atoms with E-state index in [1.807, 2.05) is 13.8 Å². The molecule has 1 saturated heterocycles. The second kappa shape index (κ2) is 9.03. The molecule has 0 spiro atoms. The lowest BCUT2D eigenvalue weighted by Crippen LogP contribution is -2.71. The van der Waals surface area contributed by atoms with Crippen LogP contribution in [0, 0.1) is 19.8 Å². The number of ether oxygens (including phenoxy) is 1. The van der Waals surface area contributed by atoms with Gasteiger partial charge in [-0.25, -0.2) is 4.79 Å². The highest BCUT2D eigenvalue weighted by Gasteiger charge is 2.54. The maximum absolute atomic E-state index is 12.7. The Bertz CT molecular complexity index is 990.